The summed E-state index contributed by atoms with van der Waals surface area (Å²) >= 11 is 0. The molecule has 182 valence electrons. The highest BCUT2D eigenvalue weighted by atomic mass is 32.2. The van der Waals surface area contributed by atoms with Crippen LogP contribution >= 0.6 is 0 Å². The van der Waals surface area contributed by atoms with Crippen molar-refractivity contribution in [2.45, 2.75) is 25.2 Å². The molecule has 10 nitrogen and oxygen atoms in total. The minimum atomic E-state index is -3.71. The van der Waals surface area contributed by atoms with Crippen LogP contribution in [0.2, 0.25) is 0 Å². The molecule has 1 fully saturated rings. The summed E-state index contributed by atoms with van der Waals surface area (Å²) in [5.74, 6) is 0.500. The molecule has 0 radical (unpaired) electrons. The van der Waals surface area contributed by atoms with Crippen molar-refractivity contribution < 1.29 is 17.9 Å². The number of carbonyl (C=O) groups excluding carboxylic acids is 1. The fourth-order valence-electron chi connectivity index (χ4n) is 4.41. The Labute approximate surface area is 199 Å². The van der Waals surface area contributed by atoms with Crippen LogP contribution in [0.1, 0.15) is 28.3 Å². The van der Waals surface area contributed by atoms with Crippen molar-refractivity contribution in [1.82, 2.24) is 28.8 Å². The highest BCUT2D eigenvalue weighted by Crippen LogP contribution is 2.29. The first-order chi connectivity index (χ1) is 16.1. The Kier molecular flexibility index (Phi) is 6.50. The zero-order valence-corrected chi connectivity index (χ0v) is 21.0. The van der Waals surface area contributed by atoms with Crippen LogP contribution in [-0.4, -0.2) is 76.4 Å². The number of rotatable bonds is 5. The van der Waals surface area contributed by atoms with Crippen molar-refractivity contribution in [3.63, 3.8) is 0 Å². The lowest BCUT2D eigenvalue weighted by molar-refractivity contribution is 0.0753. The fraction of sp³-hybridized carbons (Fsp3) is 0.435. The molecule has 0 saturated carbocycles. The van der Waals surface area contributed by atoms with Gasteiger partial charge in [0.05, 0.1) is 24.2 Å². The van der Waals surface area contributed by atoms with Gasteiger partial charge in [0.1, 0.15) is 16.3 Å². The van der Waals surface area contributed by atoms with Gasteiger partial charge < -0.3 is 9.64 Å². The summed E-state index contributed by atoms with van der Waals surface area (Å²) in [6.45, 7) is 4.78. The summed E-state index contributed by atoms with van der Waals surface area (Å²) in [5, 5.41) is 8.77. The van der Waals surface area contributed by atoms with E-state index in [1.807, 2.05) is 24.3 Å². The number of amides is 1. The maximum absolute atomic E-state index is 13.4. The van der Waals surface area contributed by atoms with Crippen LogP contribution in [0.5, 0.6) is 5.75 Å². The molecule has 1 aliphatic rings. The molecule has 1 aliphatic heterocycles. The molecule has 11 heteroatoms. The average molecular weight is 487 g/mol. The number of ether oxygens (including phenoxy) is 1. The number of methoxy groups -OCH3 is 1. The predicted molar refractivity (Wildman–Crippen MR) is 127 cm³/mol. The number of hydrogen-bond acceptors (Lipinski definition) is 6. The average Bonchev–Trinajstić information content (AvgIpc) is 3.18. The second-order valence-electron chi connectivity index (χ2n) is 8.41. The molecule has 2 aromatic heterocycles. The van der Waals surface area contributed by atoms with E-state index >= 15 is 0 Å². The number of aryl methyl sites for hydroxylation is 3. The van der Waals surface area contributed by atoms with Crippen molar-refractivity contribution >= 4 is 15.9 Å². The molecule has 0 N–H and O–H groups in total. The monoisotopic (exact) mass is 486 g/mol. The van der Waals surface area contributed by atoms with Gasteiger partial charge in [0, 0.05) is 45.8 Å². The molecular formula is C23H30N6O4S. The predicted octanol–water partition coefficient (Wildman–Crippen LogP) is 1.98. The molecule has 0 spiro atoms. The molecule has 1 saturated heterocycles. The zero-order chi connectivity index (χ0) is 24.6. The Morgan fingerprint density at radius 2 is 1.74 bits per heavy atom. The van der Waals surface area contributed by atoms with Gasteiger partial charge in [-0.05, 0) is 38.5 Å². The molecule has 0 unspecified atom stereocenters. The summed E-state index contributed by atoms with van der Waals surface area (Å²) in [4.78, 5) is 15.3. The topological polar surface area (TPSA) is 103 Å². The molecule has 4 rings (SSSR count). The summed E-state index contributed by atoms with van der Waals surface area (Å²) in [7, 11) is 1.35. The van der Waals surface area contributed by atoms with Gasteiger partial charge in [-0.1, -0.05) is 12.1 Å². The summed E-state index contributed by atoms with van der Waals surface area (Å²) in [6, 6.07) is 9.27. The van der Waals surface area contributed by atoms with E-state index in [0.717, 1.165) is 5.56 Å². The molecule has 0 bridgehead atoms. The van der Waals surface area contributed by atoms with Crippen LogP contribution < -0.4 is 4.74 Å². The summed E-state index contributed by atoms with van der Waals surface area (Å²) in [5.41, 5.74) is 2.97. The van der Waals surface area contributed by atoms with Gasteiger partial charge in [0.25, 0.3) is 5.91 Å². The van der Waals surface area contributed by atoms with Crippen LogP contribution in [0.4, 0.5) is 0 Å². The van der Waals surface area contributed by atoms with Crippen LogP contribution in [0.15, 0.2) is 35.2 Å². The quantitative estimate of drug-likeness (QED) is 0.547. The van der Waals surface area contributed by atoms with Gasteiger partial charge in [0.15, 0.2) is 0 Å². The third-order valence-corrected chi connectivity index (χ3v) is 8.42. The van der Waals surface area contributed by atoms with E-state index in [0.29, 0.717) is 54.6 Å². The minimum absolute atomic E-state index is 0.177. The number of nitrogens with zero attached hydrogens (tertiary/aromatic N) is 6. The van der Waals surface area contributed by atoms with Crippen LogP contribution in [0, 0.1) is 13.8 Å². The normalized spacial score (nSPS) is 15.4. The number of para-hydroxylation sites is 1. The molecular weight excluding hydrogens is 456 g/mol. The van der Waals surface area contributed by atoms with Gasteiger partial charge in [-0.15, -0.1) is 0 Å². The maximum Gasteiger partial charge on any atom is 0.272 e. The van der Waals surface area contributed by atoms with Gasteiger partial charge >= 0.3 is 0 Å². The second-order valence-corrected chi connectivity index (χ2v) is 10.3. The Hall–Kier alpha value is -3.18. The van der Waals surface area contributed by atoms with E-state index in [-0.39, 0.29) is 17.3 Å². The molecule has 34 heavy (non-hydrogen) atoms. The van der Waals surface area contributed by atoms with E-state index in [9.17, 15) is 13.2 Å². The number of benzene rings is 1. The lowest BCUT2D eigenvalue weighted by Gasteiger charge is -2.22. The molecule has 1 aromatic carbocycles. The Bertz CT molecular complexity index is 1330. The minimum Gasteiger partial charge on any atom is -0.496 e. The van der Waals surface area contributed by atoms with Crippen molar-refractivity contribution in [2.24, 2.45) is 14.1 Å². The van der Waals surface area contributed by atoms with Crippen molar-refractivity contribution in [1.29, 1.82) is 0 Å². The molecule has 3 aromatic rings. The van der Waals surface area contributed by atoms with Crippen LogP contribution in [-0.2, 0) is 24.1 Å². The number of carbonyl (C=O) groups is 1. The first-order valence-corrected chi connectivity index (χ1v) is 12.6. The molecule has 0 aliphatic carbocycles. The number of aromatic nitrogens is 4. The van der Waals surface area contributed by atoms with E-state index in [1.165, 1.54) is 4.31 Å². The standard InChI is InChI=1S/C23H30N6O4S/c1-16-22(17(2)26(3)24-16)34(31,32)29-12-8-11-28(13-14-29)23(30)20-15-19(25-27(20)4)18-9-6-7-10-21(18)33-5/h6-7,9-10,15H,8,11-14H2,1-5H3. The van der Waals surface area contributed by atoms with Gasteiger partial charge in [-0.2, -0.15) is 14.5 Å². The first-order valence-electron chi connectivity index (χ1n) is 11.1. The fourth-order valence-corrected chi connectivity index (χ4v) is 6.28. The summed E-state index contributed by atoms with van der Waals surface area (Å²) in [6.07, 6.45) is 0.542. The largest absolute Gasteiger partial charge is 0.496 e. The molecule has 0 atom stereocenters. The van der Waals surface area contributed by atoms with Crippen molar-refractivity contribution in [3.05, 3.63) is 47.4 Å². The lowest BCUT2D eigenvalue weighted by Crippen LogP contribution is -2.38. The van der Waals surface area contributed by atoms with Gasteiger partial charge in [-0.3, -0.25) is 14.2 Å². The molecule has 3 heterocycles. The smallest absolute Gasteiger partial charge is 0.272 e. The summed E-state index contributed by atoms with van der Waals surface area (Å²) < 4.78 is 36.7. The van der Waals surface area contributed by atoms with Gasteiger partial charge in [0.2, 0.25) is 10.0 Å². The Balaban J connectivity index is 1.54. The van der Waals surface area contributed by atoms with E-state index < -0.39 is 10.0 Å². The second kappa shape index (κ2) is 9.22. The van der Waals surface area contributed by atoms with E-state index in [2.05, 4.69) is 10.2 Å². The lowest BCUT2D eigenvalue weighted by atomic mass is 10.1. The van der Waals surface area contributed by atoms with Crippen LogP contribution in [0.3, 0.4) is 0 Å². The van der Waals surface area contributed by atoms with Gasteiger partial charge in [-0.25, -0.2) is 8.42 Å². The molecule has 1 amide bonds. The zero-order valence-electron chi connectivity index (χ0n) is 20.1. The highest BCUT2D eigenvalue weighted by Gasteiger charge is 2.33. The van der Waals surface area contributed by atoms with E-state index in [1.54, 1.807) is 55.4 Å². The third kappa shape index (κ3) is 4.21. The maximum atomic E-state index is 13.4. The first kappa shape index (κ1) is 24.0. The van der Waals surface area contributed by atoms with Crippen molar-refractivity contribution in [2.75, 3.05) is 33.3 Å². The van der Waals surface area contributed by atoms with E-state index in [4.69, 9.17) is 4.74 Å². The third-order valence-electron chi connectivity index (χ3n) is 6.26. The Morgan fingerprint density at radius 3 is 2.41 bits per heavy atom. The van der Waals surface area contributed by atoms with Crippen molar-refractivity contribution in [3.8, 4) is 17.0 Å². The number of hydrogen-bond donors (Lipinski definition) is 0. The Morgan fingerprint density at radius 1 is 1.00 bits per heavy atom. The highest BCUT2D eigenvalue weighted by molar-refractivity contribution is 7.89. The number of sulfonamides is 1. The van der Waals surface area contributed by atoms with Crippen LogP contribution in [0.25, 0.3) is 11.3 Å². The SMILES string of the molecule is COc1ccccc1-c1cc(C(=O)N2CCCN(S(=O)(=O)c3c(C)nn(C)c3C)CC2)n(C)n1.